The predicted molar refractivity (Wildman–Crippen MR) is 74.5 cm³/mol. The highest BCUT2D eigenvalue weighted by Gasteiger charge is 2.36. The minimum Gasteiger partial charge on any atom is -0.316 e. The van der Waals surface area contributed by atoms with Crippen LogP contribution in [0.2, 0.25) is 0 Å². The van der Waals surface area contributed by atoms with Gasteiger partial charge < -0.3 is 5.32 Å². The molecule has 1 aromatic heterocycles. The highest BCUT2D eigenvalue weighted by atomic mass is 32.2. The number of rotatable bonds is 5. The van der Waals surface area contributed by atoms with Gasteiger partial charge in [-0.2, -0.15) is 16.9 Å². The summed E-state index contributed by atoms with van der Waals surface area (Å²) in [5, 5.41) is 7.74. The molecule has 1 aliphatic rings. The molecule has 96 valence electrons. The van der Waals surface area contributed by atoms with Crippen molar-refractivity contribution in [1.82, 2.24) is 15.1 Å². The summed E-state index contributed by atoms with van der Waals surface area (Å²) < 4.78 is 2.41. The third-order valence-corrected chi connectivity index (χ3v) is 5.59. The molecule has 1 aliphatic heterocycles. The van der Waals surface area contributed by atoms with Crippen molar-refractivity contribution in [3.05, 3.63) is 18.0 Å². The molecule has 0 saturated carbocycles. The zero-order chi connectivity index (χ0) is 12.3. The Labute approximate surface area is 108 Å². The quantitative estimate of drug-likeness (QED) is 0.872. The van der Waals surface area contributed by atoms with Gasteiger partial charge in [-0.15, -0.1) is 0 Å². The Bertz CT molecular complexity index is 355. The first kappa shape index (κ1) is 13.0. The zero-order valence-electron chi connectivity index (χ0n) is 11.1. The van der Waals surface area contributed by atoms with Crippen LogP contribution in [0.15, 0.2) is 12.3 Å². The molecule has 4 heteroatoms. The molecule has 3 nitrogen and oxygen atoms in total. The van der Waals surface area contributed by atoms with E-state index in [1.165, 1.54) is 30.7 Å². The Kier molecular flexibility index (Phi) is 4.15. The lowest BCUT2D eigenvalue weighted by atomic mass is 9.92. The lowest BCUT2D eigenvalue weighted by molar-refractivity contribution is 0.401. The molecule has 0 aliphatic carbocycles. The van der Waals surface area contributed by atoms with Crippen LogP contribution in [0, 0.1) is 0 Å². The molecular weight excluding hydrogens is 230 g/mol. The first-order chi connectivity index (χ1) is 8.15. The highest BCUT2D eigenvalue weighted by Crippen LogP contribution is 2.41. The van der Waals surface area contributed by atoms with E-state index in [0.29, 0.717) is 10.8 Å². The molecule has 1 fully saturated rings. The number of nitrogens with zero attached hydrogens (tertiary/aromatic N) is 2. The van der Waals surface area contributed by atoms with Gasteiger partial charge in [-0.05, 0) is 51.5 Å². The van der Waals surface area contributed by atoms with E-state index in [-0.39, 0.29) is 0 Å². The van der Waals surface area contributed by atoms with Crippen molar-refractivity contribution in [2.24, 2.45) is 7.05 Å². The van der Waals surface area contributed by atoms with E-state index in [2.05, 4.69) is 42.2 Å². The summed E-state index contributed by atoms with van der Waals surface area (Å²) in [7, 11) is 4.12. The zero-order valence-corrected chi connectivity index (χ0v) is 11.9. The summed E-state index contributed by atoms with van der Waals surface area (Å²) in [6.45, 7) is 2.41. The second-order valence-corrected chi connectivity index (χ2v) is 6.72. The molecule has 1 N–H and O–H groups in total. The predicted octanol–water partition coefficient (Wildman–Crippen LogP) is 2.23. The van der Waals surface area contributed by atoms with Crippen molar-refractivity contribution < 1.29 is 0 Å². The summed E-state index contributed by atoms with van der Waals surface area (Å²) in [6, 6.07) is 2.72. The fourth-order valence-corrected chi connectivity index (χ4v) is 4.25. The molecule has 1 saturated heterocycles. The minimum absolute atomic E-state index is 0.424. The van der Waals surface area contributed by atoms with Gasteiger partial charge in [-0.3, -0.25) is 4.68 Å². The SMILES string of the molecule is CNC(CCc1ccnn1C)C1(C)CCCS1. The van der Waals surface area contributed by atoms with Gasteiger partial charge in [-0.25, -0.2) is 0 Å². The number of hydrogen-bond donors (Lipinski definition) is 1. The van der Waals surface area contributed by atoms with Crippen LogP contribution in [0.3, 0.4) is 0 Å². The lowest BCUT2D eigenvalue weighted by Crippen LogP contribution is -2.43. The molecule has 2 rings (SSSR count). The number of nitrogens with one attached hydrogen (secondary N) is 1. The van der Waals surface area contributed by atoms with E-state index < -0.39 is 0 Å². The average Bonchev–Trinajstić information content (AvgIpc) is 2.90. The summed E-state index contributed by atoms with van der Waals surface area (Å²) in [5.41, 5.74) is 1.33. The van der Waals surface area contributed by atoms with Gasteiger partial charge in [0.2, 0.25) is 0 Å². The maximum absolute atomic E-state index is 4.23. The maximum Gasteiger partial charge on any atom is 0.0492 e. The molecule has 0 spiro atoms. The standard InChI is InChI=1S/C13H23N3S/c1-13(8-4-10-17-13)12(14-2)6-5-11-7-9-15-16(11)3/h7,9,12,14H,4-6,8,10H2,1-3H3. The summed E-state index contributed by atoms with van der Waals surface area (Å²) in [5.74, 6) is 1.32. The van der Waals surface area contributed by atoms with Crippen molar-refractivity contribution in [2.45, 2.75) is 43.4 Å². The minimum atomic E-state index is 0.424. The van der Waals surface area contributed by atoms with Crippen LogP contribution in [0.1, 0.15) is 31.9 Å². The van der Waals surface area contributed by atoms with Crippen molar-refractivity contribution in [1.29, 1.82) is 0 Å². The van der Waals surface area contributed by atoms with Crippen LogP contribution < -0.4 is 5.32 Å². The molecule has 2 atom stereocenters. The topological polar surface area (TPSA) is 29.9 Å². The van der Waals surface area contributed by atoms with Crippen LogP contribution in [0.4, 0.5) is 0 Å². The van der Waals surface area contributed by atoms with Crippen molar-refractivity contribution in [3.8, 4) is 0 Å². The largest absolute Gasteiger partial charge is 0.316 e. The van der Waals surface area contributed by atoms with Crippen LogP contribution >= 0.6 is 11.8 Å². The van der Waals surface area contributed by atoms with E-state index in [1.54, 1.807) is 0 Å². The Morgan fingerprint density at radius 1 is 1.65 bits per heavy atom. The molecule has 17 heavy (non-hydrogen) atoms. The molecule has 0 bridgehead atoms. The van der Waals surface area contributed by atoms with E-state index in [1.807, 2.05) is 17.9 Å². The monoisotopic (exact) mass is 253 g/mol. The van der Waals surface area contributed by atoms with Crippen LogP contribution in [-0.2, 0) is 13.5 Å². The Balaban J connectivity index is 1.94. The normalized spacial score (nSPS) is 26.3. The molecule has 0 amide bonds. The third-order valence-electron chi connectivity index (χ3n) is 3.95. The first-order valence-electron chi connectivity index (χ1n) is 6.44. The van der Waals surface area contributed by atoms with Gasteiger partial charge in [0.15, 0.2) is 0 Å². The van der Waals surface area contributed by atoms with Gasteiger partial charge in [-0.1, -0.05) is 0 Å². The molecule has 0 radical (unpaired) electrons. The van der Waals surface area contributed by atoms with E-state index in [0.717, 1.165) is 6.42 Å². The highest BCUT2D eigenvalue weighted by molar-refractivity contribution is 8.00. The number of hydrogen-bond acceptors (Lipinski definition) is 3. The molecule has 1 aromatic rings. The van der Waals surface area contributed by atoms with Gasteiger partial charge in [0.25, 0.3) is 0 Å². The Morgan fingerprint density at radius 3 is 3.00 bits per heavy atom. The number of aromatic nitrogens is 2. The fraction of sp³-hybridized carbons (Fsp3) is 0.769. The van der Waals surface area contributed by atoms with Crippen LogP contribution in [0.25, 0.3) is 0 Å². The third kappa shape index (κ3) is 2.86. The molecule has 2 heterocycles. The summed E-state index contributed by atoms with van der Waals surface area (Å²) >= 11 is 2.13. The molecule has 0 aromatic carbocycles. The van der Waals surface area contributed by atoms with Gasteiger partial charge >= 0.3 is 0 Å². The fourth-order valence-electron chi connectivity index (χ4n) is 2.77. The van der Waals surface area contributed by atoms with Crippen molar-refractivity contribution in [2.75, 3.05) is 12.8 Å². The number of aryl methyl sites for hydroxylation is 2. The molecular formula is C13H23N3S. The van der Waals surface area contributed by atoms with Gasteiger partial charge in [0.05, 0.1) is 0 Å². The van der Waals surface area contributed by atoms with Crippen molar-refractivity contribution in [3.63, 3.8) is 0 Å². The second-order valence-electron chi connectivity index (χ2n) is 5.09. The second kappa shape index (κ2) is 5.44. The Morgan fingerprint density at radius 2 is 2.47 bits per heavy atom. The van der Waals surface area contributed by atoms with Crippen LogP contribution in [0.5, 0.6) is 0 Å². The van der Waals surface area contributed by atoms with Crippen molar-refractivity contribution >= 4 is 11.8 Å². The van der Waals surface area contributed by atoms with E-state index in [9.17, 15) is 0 Å². The maximum atomic E-state index is 4.23. The number of thioether (sulfide) groups is 1. The summed E-state index contributed by atoms with van der Waals surface area (Å²) in [6.07, 6.45) is 6.90. The lowest BCUT2D eigenvalue weighted by Gasteiger charge is -2.33. The average molecular weight is 253 g/mol. The Hall–Kier alpha value is -0.480. The van der Waals surface area contributed by atoms with Gasteiger partial charge in [0.1, 0.15) is 0 Å². The van der Waals surface area contributed by atoms with Gasteiger partial charge in [0, 0.05) is 29.7 Å². The first-order valence-corrected chi connectivity index (χ1v) is 7.42. The van der Waals surface area contributed by atoms with Crippen LogP contribution in [-0.4, -0.2) is 33.4 Å². The molecule has 2 unspecified atom stereocenters. The summed E-state index contributed by atoms with van der Waals surface area (Å²) in [4.78, 5) is 0. The van der Waals surface area contributed by atoms with E-state index >= 15 is 0 Å². The van der Waals surface area contributed by atoms with E-state index in [4.69, 9.17) is 0 Å². The smallest absolute Gasteiger partial charge is 0.0492 e.